The molecule has 0 radical (unpaired) electrons. The van der Waals surface area contributed by atoms with Crippen LogP contribution in [0, 0.1) is 17.8 Å². The predicted molar refractivity (Wildman–Crippen MR) is 108 cm³/mol. The Morgan fingerprint density at radius 2 is 1.78 bits per heavy atom. The van der Waals surface area contributed by atoms with Crippen LogP contribution in [-0.4, -0.2) is 33.5 Å². The summed E-state index contributed by atoms with van der Waals surface area (Å²) >= 11 is 0. The van der Waals surface area contributed by atoms with Gasteiger partial charge in [-0.15, -0.1) is 0 Å². The zero-order valence-electron chi connectivity index (χ0n) is 17.9. The molecule has 5 nitrogen and oxygen atoms in total. The quantitative estimate of drug-likeness (QED) is 0.434. The van der Waals surface area contributed by atoms with Crippen LogP contribution in [0.5, 0.6) is 0 Å². The van der Waals surface area contributed by atoms with Gasteiger partial charge in [-0.1, -0.05) is 41.5 Å². The number of hydrogen-bond donors (Lipinski definition) is 0. The summed E-state index contributed by atoms with van der Waals surface area (Å²) in [4.78, 5) is 24.3. The number of esters is 2. The highest BCUT2D eigenvalue weighted by Crippen LogP contribution is 2.47. The zero-order valence-corrected chi connectivity index (χ0v) is 18.9. The van der Waals surface area contributed by atoms with Crippen molar-refractivity contribution < 1.29 is 23.5 Å². The average Bonchev–Trinajstić information content (AvgIpc) is 2.93. The van der Waals surface area contributed by atoms with Gasteiger partial charge in [-0.3, -0.25) is 9.59 Å². The molecule has 0 bridgehead atoms. The number of hydrogen-bond acceptors (Lipinski definition) is 5. The molecule has 154 valence electrons. The molecule has 0 unspecified atom stereocenters. The number of cyclic esters (lactones) is 1. The van der Waals surface area contributed by atoms with E-state index in [2.05, 4.69) is 47.6 Å². The number of allylic oxidation sites excluding steroid dienone is 1. The molecule has 0 aromatic carbocycles. The minimum atomic E-state index is -2.07. The summed E-state index contributed by atoms with van der Waals surface area (Å²) in [6.45, 7) is 16.1. The second kappa shape index (κ2) is 8.80. The van der Waals surface area contributed by atoms with Crippen LogP contribution >= 0.6 is 0 Å². The Labute approximate surface area is 165 Å². The normalized spacial score (nSPS) is 25.5. The van der Waals surface area contributed by atoms with Crippen molar-refractivity contribution in [1.29, 1.82) is 0 Å². The summed E-state index contributed by atoms with van der Waals surface area (Å²) in [5.74, 6) is 0.148. The summed E-state index contributed by atoms with van der Waals surface area (Å²) < 4.78 is 17.3. The molecule has 27 heavy (non-hydrogen) atoms. The molecule has 0 amide bonds. The molecule has 1 saturated heterocycles. The minimum absolute atomic E-state index is 0.00105. The van der Waals surface area contributed by atoms with Crippen LogP contribution in [0.2, 0.25) is 16.6 Å². The van der Waals surface area contributed by atoms with E-state index < -0.39 is 8.32 Å². The van der Waals surface area contributed by atoms with Crippen LogP contribution in [-0.2, 0) is 23.5 Å². The third kappa shape index (κ3) is 4.41. The fraction of sp³-hybridized carbons (Fsp3) is 0.810. The topological polar surface area (TPSA) is 61.8 Å². The van der Waals surface area contributed by atoms with E-state index in [1.807, 2.05) is 0 Å². The maximum atomic E-state index is 12.2. The summed E-state index contributed by atoms with van der Waals surface area (Å²) in [6.07, 6.45) is 2.95. The van der Waals surface area contributed by atoms with Gasteiger partial charge in [0.1, 0.15) is 0 Å². The Kier molecular flexibility index (Phi) is 7.17. The summed E-state index contributed by atoms with van der Waals surface area (Å²) in [6, 6.07) is 0. The van der Waals surface area contributed by atoms with E-state index in [9.17, 15) is 9.59 Å². The van der Waals surface area contributed by atoms with Crippen molar-refractivity contribution in [3.8, 4) is 0 Å². The average molecular weight is 397 g/mol. The number of carbonyl (C=O) groups excluding carboxylic acids is 2. The molecule has 0 spiro atoms. The summed E-state index contributed by atoms with van der Waals surface area (Å²) in [5, 5.41) is 0. The van der Waals surface area contributed by atoms with Gasteiger partial charge in [0.15, 0.2) is 0 Å². The van der Waals surface area contributed by atoms with Crippen molar-refractivity contribution in [3.63, 3.8) is 0 Å². The van der Waals surface area contributed by atoms with E-state index in [4.69, 9.17) is 13.9 Å². The Morgan fingerprint density at radius 3 is 2.30 bits per heavy atom. The Balaban J connectivity index is 2.29. The molecule has 0 N–H and O–H groups in total. The van der Waals surface area contributed by atoms with E-state index in [-0.39, 0.29) is 36.1 Å². The molecular formula is C21H36O5Si. The molecule has 6 heteroatoms. The smallest absolute Gasteiger partial charge is 0.309 e. The Hall–Kier alpha value is -1.30. The van der Waals surface area contributed by atoms with Crippen LogP contribution in [0.3, 0.4) is 0 Å². The maximum Gasteiger partial charge on any atom is 0.309 e. The largest absolute Gasteiger partial charge is 0.546 e. The molecular weight excluding hydrogens is 360 g/mol. The number of rotatable bonds is 8. The predicted octanol–water partition coefficient (Wildman–Crippen LogP) is 4.82. The van der Waals surface area contributed by atoms with Crippen LogP contribution < -0.4 is 0 Å². The lowest BCUT2D eigenvalue weighted by molar-refractivity contribution is -0.147. The van der Waals surface area contributed by atoms with Crippen molar-refractivity contribution in [1.82, 2.24) is 0 Å². The fourth-order valence-corrected chi connectivity index (χ4v) is 10.5. The SMILES string of the molecule is CCOC(=O)C[C@H]1CC(O[Si](C(C)C)(C(C)C)C(C)C)=C[C@H]2COC(=O)[C@H]12. The third-order valence-electron chi connectivity index (χ3n) is 6.27. The zero-order chi connectivity index (χ0) is 20.4. The van der Waals surface area contributed by atoms with Crippen molar-refractivity contribution in [2.75, 3.05) is 13.2 Å². The Morgan fingerprint density at radius 1 is 1.19 bits per heavy atom. The molecule has 0 aromatic rings. The van der Waals surface area contributed by atoms with Gasteiger partial charge in [-0.2, -0.15) is 0 Å². The van der Waals surface area contributed by atoms with E-state index in [0.717, 1.165) is 5.76 Å². The molecule has 0 aromatic heterocycles. The van der Waals surface area contributed by atoms with E-state index in [1.165, 1.54) is 0 Å². The molecule has 1 heterocycles. The van der Waals surface area contributed by atoms with E-state index in [1.54, 1.807) is 6.92 Å². The maximum absolute atomic E-state index is 12.2. The van der Waals surface area contributed by atoms with Crippen molar-refractivity contribution in [2.24, 2.45) is 17.8 Å². The molecule has 2 rings (SSSR count). The van der Waals surface area contributed by atoms with Crippen LogP contribution in [0.15, 0.2) is 11.8 Å². The van der Waals surface area contributed by atoms with Gasteiger partial charge in [0.25, 0.3) is 8.32 Å². The second-order valence-corrected chi connectivity index (χ2v) is 14.2. The van der Waals surface area contributed by atoms with E-state index >= 15 is 0 Å². The summed E-state index contributed by atoms with van der Waals surface area (Å²) in [7, 11) is -2.07. The molecule has 2 aliphatic rings. The lowest BCUT2D eigenvalue weighted by Crippen LogP contribution is -2.48. The van der Waals surface area contributed by atoms with Gasteiger partial charge in [0.05, 0.1) is 24.9 Å². The molecule has 3 atom stereocenters. The van der Waals surface area contributed by atoms with Crippen molar-refractivity contribution in [3.05, 3.63) is 11.8 Å². The fourth-order valence-electron chi connectivity index (χ4n) is 5.23. The first-order valence-electron chi connectivity index (χ1n) is 10.3. The van der Waals surface area contributed by atoms with Crippen LogP contribution in [0.4, 0.5) is 0 Å². The first kappa shape index (κ1) is 22.0. The number of carbonyl (C=O) groups is 2. The third-order valence-corrected chi connectivity index (χ3v) is 12.3. The Bertz CT molecular complexity index is 559. The number of ether oxygens (including phenoxy) is 2. The lowest BCUT2D eigenvalue weighted by Gasteiger charge is -2.44. The van der Waals surface area contributed by atoms with Gasteiger partial charge in [0, 0.05) is 18.8 Å². The van der Waals surface area contributed by atoms with Gasteiger partial charge < -0.3 is 13.9 Å². The van der Waals surface area contributed by atoms with Gasteiger partial charge in [0.2, 0.25) is 0 Å². The van der Waals surface area contributed by atoms with Gasteiger partial charge in [-0.05, 0) is 35.5 Å². The van der Waals surface area contributed by atoms with Gasteiger partial charge >= 0.3 is 11.9 Å². The van der Waals surface area contributed by atoms with Crippen molar-refractivity contribution in [2.45, 2.75) is 77.9 Å². The molecule has 1 fully saturated rings. The monoisotopic (exact) mass is 396 g/mol. The highest BCUT2D eigenvalue weighted by molar-refractivity contribution is 6.77. The standard InChI is InChI=1S/C21H36O5Si/c1-8-24-19(22)11-16-9-18(10-17-12-25-21(23)20(16)17)26-27(13(2)3,14(4)5)15(6)7/h10,13-17,20H,8-9,11-12H2,1-7H3/t16-,17+,20-/m1/s1. The molecule has 1 aliphatic carbocycles. The first-order valence-corrected chi connectivity index (χ1v) is 12.5. The highest BCUT2D eigenvalue weighted by Gasteiger charge is 2.50. The van der Waals surface area contributed by atoms with Crippen LogP contribution in [0.1, 0.15) is 61.3 Å². The lowest BCUT2D eigenvalue weighted by atomic mass is 9.75. The minimum Gasteiger partial charge on any atom is -0.546 e. The molecule has 1 aliphatic heterocycles. The van der Waals surface area contributed by atoms with E-state index in [0.29, 0.717) is 36.3 Å². The molecule has 0 saturated carbocycles. The van der Waals surface area contributed by atoms with Gasteiger partial charge in [-0.25, -0.2) is 0 Å². The number of fused-ring (bicyclic) bond motifs is 1. The first-order chi connectivity index (χ1) is 12.6. The van der Waals surface area contributed by atoms with Crippen LogP contribution in [0.25, 0.3) is 0 Å². The second-order valence-electron chi connectivity index (χ2n) is 8.85. The highest BCUT2D eigenvalue weighted by atomic mass is 28.4. The summed E-state index contributed by atoms with van der Waals surface area (Å²) in [5.41, 5.74) is 1.42. The van der Waals surface area contributed by atoms with Crippen molar-refractivity contribution >= 4 is 20.3 Å².